The Bertz CT molecular complexity index is 559. The van der Waals surface area contributed by atoms with Crippen molar-refractivity contribution < 1.29 is 4.74 Å². The number of rotatable bonds is 2. The Kier molecular flexibility index (Phi) is 3.18. The van der Waals surface area contributed by atoms with Crippen molar-refractivity contribution in [3.63, 3.8) is 0 Å². The number of fused-ring (bicyclic) bond motifs is 1. The number of hydrogen-bond acceptors (Lipinski definition) is 5. The Morgan fingerprint density at radius 3 is 2.68 bits per heavy atom. The number of nitrogens with one attached hydrogen (secondary N) is 2. The van der Waals surface area contributed by atoms with E-state index in [0.717, 1.165) is 24.6 Å². The third-order valence-corrected chi connectivity index (χ3v) is 3.32. The van der Waals surface area contributed by atoms with Crippen molar-refractivity contribution in [1.29, 1.82) is 0 Å². The molecule has 0 aliphatic carbocycles. The van der Waals surface area contributed by atoms with Crippen molar-refractivity contribution in [3.05, 3.63) is 42.2 Å². The van der Waals surface area contributed by atoms with Crippen LogP contribution in [0, 0.1) is 0 Å². The monoisotopic (exact) mass is 256 g/mol. The Balaban J connectivity index is 1.85. The van der Waals surface area contributed by atoms with E-state index in [0.29, 0.717) is 11.8 Å². The van der Waals surface area contributed by atoms with E-state index in [4.69, 9.17) is 4.74 Å². The van der Waals surface area contributed by atoms with Gasteiger partial charge in [-0.05, 0) is 5.56 Å². The van der Waals surface area contributed by atoms with E-state index in [1.165, 1.54) is 11.9 Å². The summed E-state index contributed by atoms with van der Waals surface area (Å²) in [5.74, 6) is 1.76. The molecule has 0 saturated carbocycles. The molecular formula is C14H16N4O. The Hall–Kier alpha value is -2.30. The molecule has 19 heavy (non-hydrogen) atoms. The van der Waals surface area contributed by atoms with Crippen molar-refractivity contribution >= 4 is 11.5 Å². The number of hydrogen-bond donors (Lipinski definition) is 2. The van der Waals surface area contributed by atoms with Crippen molar-refractivity contribution in [2.45, 2.75) is 5.92 Å². The van der Waals surface area contributed by atoms with Crippen LogP contribution < -0.4 is 15.4 Å². The fourth-order valence-corrected chi connectivity index (χ4v) is 2.30. The molecule has 0 saturated heterocycles. The third-order valence-electron chi connectivity index (χ3n) is 3.32. The Morgan fingerprint density at radius 2 is 1.89 bits per heavy atom. The van der Waals surface area contributed by atoms with Gasteiger partial charge in [-0.25, -0.2) is 4.98 Å². The van der Waals surface area contributed by atoms with Gasteiger partial charge in [0.05, 0.1) is 7.11 Å². The highest BCUT2D eigenvalue weighted by Gasteiger charge is 2.20. The van der Waals surface area contributed by atoms with Gasteiger partial charge in [-0.3, -0.25) is 0 Å². The first-order chi connectivity index (χ1) is 9.38. The van der Waals surface area contributed by atoms with Crippen molar-refractivity contribution in [2.24, 2.45) is 0 Å². The number of methoxy groups -OCH3 is 1. The highest BCUT2D eigenvalue weighted by atomic mass is 16.5. The zero-order valence-electron chi connectivity index (χ0n) is 10.8. The van der Waals surface area contributed by atoms with Crippen molar-refractivity contribution in [2.75, 3.05) is 30.8 Å². The standard InChI is InChI=1S/C14H16N4O/c1-19-14-12-13(17-9-18-14)16-8-11(7-15-12)10-5-3-2-4-6-10/h2-6,9,11,15H,7-8H2,1H3,(H,16,17,18). The second-order valence-electron chi connectivity index (χ2n) is 4.48. The van der Waals surface area contributed by atoms with Gasteiger partial charge in [0, 0.05) is 19.0 Å². The van der Waals surface area contributed by atoms with Gasteiger partial charge in [0.2, 0.25) is 5.88 Å². The van der Waals surface area contributed by atoms with Gasteiger partial charge >= 0.3 is 0 Å². The van der Waals surface area contributed by atoms with Crippen LogP contribution in [0.2, 0.25) is 0 Å². The number of benzene rings is 1. The van der Waals surface area contributed by atoms with Crippen LogP contribution in [-0.2, 0) is 0 Å². The lowest BCUT2D eigenvalue weighted by molar-refractivity contribution is 0.399. The molecule has 0 spiro atoms. The number of aromatic nitrogens is 2. The second kappa shape index (κ2) is 5.14. The van der Waals surface area contributed by atoms with E-state index in [9.17, 15) is 0 Å². The maximum atomic E-state index is 5.26. The molecule has 2 aromatic rings. The molecule has 2 heterocycles. The maximum Gasteiger partial charge on any atom is 0.242 e. The van der Waals surface area contributed by atoms with Gasteiger partial charge < -0.3 is 15.4 Å². The Labute approximate surface area is 112 Å². The number of nitrogens with zero attached hydrogens (tertiary/aromatic N) is 2. The SMILES string of the molecule is COc1ncnc2c1NCC(c1ccccc1)CN2. The summed E-state index contributed by atoms with van der Waals surface area (Å²) in [5.41, 5.74) is 2.14. The summed E-state index contributed by atoms with van der Waals surface area (Å²) >= 11 is 0. The molecule has 1 unspecified atom stereocenters. The van der Waals surface area contributed by atoms with E-state index in [1.54, 1.807) is 7.11 Å². The van der Waals surface area contributed by atoms with E-state index in [1.807, 2.05) is 6.07 Å². The lowest BCUT2D eigenvalue weighted by Gasteiger charge is -2.14. The molecule has 0 radical (unpaired) electrons. The first-order valence-corrected chi connectivity index (χ1v) is 6.30. The molecular weight excluding hydrogens is 240 g/mol. The largest absolute Gasteiger partial charge is 0.479 e. The summed E-state index contributed by atoms with van der Waals surface area (Å²) in [6, 6.07) is 10.5. The molecule has 0 bridgehead atoms. The van der Waals surface area contributed by atoms with E-state index in [-0.39, 0.29) is 0 Å². The van der Waals surface area contributed by atoms with Crippen LogP contribution in [0.25, 0.3) is 0 Å². The summed E-state index contributed by atoms with van der Waals surface area (Å²) in [7, 11) is 1.61. The van der Waals surface area contributed by atoms with Crippen LogP contribution >= 0.6 is 0 Å². The molecule has 1 aromatic carbocycles. The quantitative estimate of drug-likeness (QED) is 0.861. The predicted molar refractivity (Wildman–Crippen MR) is 74.7 cm³/mol. The van der Waals surface area contributed by atoms with Crippen LogP contribution in [0.3, 0.4) is 0 Å². The molecule has 1 aliphatic rings. The van der Waals surface area contributed by atoms with Gasteiger partial charge in [0.15, 0.2) is 5.82 Å². The smallest absolute Gasteiger partial charge is 0.242 e. The lowest BCUT2D eigenvalue weighted by atomic mass is 9.99. The van der Waals surface area contributed by atoms with E-state index in [2.05, 4.69) is 44.9 Å². The summed E-state index contributed by atoms with van der Waals surface area (Å²) in [5, 5.41) is 6.74. The first kappa shape index (κ1) is 11.8. The predicted octanol–water partition coefficient (Wildman–Crippen LogP) is 2.11. The van der Waals surface area contributed by atoms with Gasteiger partial charge in [-0.15, -0.1) is 0 Å². The minimum absolute atomic E-state index is 0.389. The highest BCUT2D eigenvalue weighted by molar-refractivity contribution is 5.70. The average molecular weight is 256 g/mol. The van der Waals surface area contributed by atoms with Crippen LogP contribution in [0.5, 0.6) is 5.88 Å². The molecule has 3 rings (SSSR count). The summed E-state index contributed by atoms with van der Waals surface area (Å²) in [6.45, 7) is 1.66. The van der Waals surface area contributed by atoms with Gasteiger partial charge in [0.1, 0.15) is 12.0 Å². The summed E-state index contributed by atoms with van der Waals surface area (Å²) in [6.07, 6.45) is 1.51. The maximum absolute atomic E-state index is 5.26. The van der Waals surface area contributed by atoms with Crippen LogP contribution in [0.15, 0.2) is 36.7 Å². The average Bonchev–Trinajstić information content (AvgIpc) is 2.70. The van der Waals surface area contributed by atoms with Crippen molar-refractivity contribution in [1.82, 2.24) is 9.97 Å². The molecule has 1 atom stereocenters. The van der Waals surface area contributed by atoms with Crippen molar-refractivity contribution in [3.8, 4) is 5.88 Å². The normalized spacial score (nSPS) is 17.6. The zero-order valence-corrected chi connectivity index (χ0v) is 10.8. The molecule has 1 aromatic heterocycles. The minimum Gasteiger partial charge on any atom is -0.479 e. The summed E-state index contributed by atoms with van der Waals surface area (Å²) < 4.78 is 5.26. The van der Waals surface area contributed by atoms with Gasteiger partial charge in [-0.2, -0.15) is 4.98 Å². The third kappa shape index (κ3) is 2.31. The number of ether oxygens (including phenoxy) is 1. The Morgan fingerprint density at radius 1 is 1.11 bits per heavy atom. The minimum atomic E-state index is 0.389. The summed E-state index contributed by atoms with van der Waals surface area (Å²) in [4.78, 5) is 8.37. The molecule has 5 heteroatoms. The fourth-order valence-electron chi connectivity index (χ4n) is 2.30. The van der Waals surface area contributed by atoms with Crippen LogP contribution in [0.4, 0.5) is 11.5 Å². The number of anilines is 2. The second-order valence-corrected chi connectivity index (χ2v) is 4.48. The van der Waals surface area contributed by atoms with Gasteiger partial charge in [-0.1, -0.05) is 30.3 Å². The van der Waals surface area contributed by atoms with Crippen LogP contribution in [0.1, 0.15) is 11.5 Å². The molecule has 98 valence electrons. The molecule has 5 nitrogen and oxygen atoms in total. The van der Waals surface area contributed by atoms with E-state index >= 15 is 0 Å². The zero-order chi connectivity index (χ0) is 13.1. The highest BCUT2D eigenvalue weighted by Crippen LogP contribution is 2.32. The topological polar surface area (TPSA) is 59.1 Å². The molecule has 0 amide bonds. The molecule has 2 N–H and O–H groups in total. The molecule has 0 fully saturated rings. The first-order valence-electron chi connectivity index (χ1n) is 6.30. The van der Waals surface area contributed by atoms with Crippen LogP contribution in [-0.4, -0.2) is 30.2 Å². The fraction of sp³-hybridized carbons (Fsp3) is 0.286. The van der Waals surface area contributed by atoms with Gasteiger partial charge in [0.25, 0.3) is 0 Å². The van der Waals surface area contributed by atoms with E-state index < -0.39 is 0 Å². The lowest BCUT2D eigenvalue weighted by Crippen LogP contribution is -2.16. The molecule has 1 aliphatic heterocycles.